The predicted octanol–water partition coefficient (Wildman–Crippen LogP) is 3.61. The molecule has 3 aromatic rings. The van der Waals surface area contributed by atoms with Gasteiger partial charge in [-0.25, -0.2) is 0 Å². The minimum Gasteiger partial charge on any atom is -0.339 e. The first kappa shape index (κ1) is 17.6. The van der Waals surface area contributed by atoms with Crippen LogP contribution in [0.3, 0.4) is 0 Å². The van der Waals surface area contributed by atoms with E-state index in [0.717, 1.165) is 5.56 Å². The number of hydrogen-bond acceptors (Lipinski definition) is 5. The Hall–Kier alpha value is -3.23. The van der Waals surface area contributed by atoms with Crippen LogP contribution in [0.5, 0.6) is 0 Å². The number of nitrogens with zero attached hydrogens (tertiary/aromatic N) is 3. The number of para-hydroxylation sites is 1. The molecule has 0 unspecified atom stereocenters. The SMILES string of the molecule is O=C(CC(F)(F)F)Nc1ccccc1Cc1nc(-c2ccncc2)no1. The number of halogens is 3. The molecule has 0 aliphatic carbocycles. The van der Waals surface area contributed by atoms with Crippen LogP contribution in [0, 0.1) is 0 Å². The summed E-state index contributed by atoms with van der Waals surface area (Å²) in [4.78, 5) is 19.7. The lowest BCUT2D eigenvalue weighted by Crippen LogP contribution is -2.21. The van der Waals surface area contributed by atoms with E-state index in [-0.39, 0.29) is 18.0 Å². The fourth-order valence-corrected chi connectivity index (χ4v) is 2.28. The van der Waals surface area contributed by atoms with Gasteiger partial charge in [-0.3, -0.25) is 9.78 Å². The molecule has 0 atom stereocenters. The molecule has 6 nitrogen and oxygen atoms in total. The lowest BCUT2D eigenvalue weighted by molar-refractivity contribution is -0.150. The highest BCUT2D eigenvalue weighted by Crippen LogP contribution is 2.23. The van der Waals surface area contributed by atoms with Crippen molar-refractivity contribution >= 4 is 11.6 Å². The Bertz CT molecular complexity index is 894. The standard InChI is InChI=1S/C17H13F3N4O2/c18-17(19,20)10-14(25)22-13-4-2-1-3-12(13)9-15-23-16(24-26-15)11-5-7-21-8-6-11/h1-8H,9-10H2,(H,22,25). The lowest BCUT2D eigenvalue weighted by Gasteiger charge is -2.11. The van der Waals surface area contributed by atoms with Gasteiger partial charge >= 0.3 is 6.18 Å². The quantitative estimate of drug-likeness (QED) is 0.750. The van der Waals surface area contributed by atoms with Crippen molar-refractivity contribution < 1.29 is 22.5 Å². The van der Waals surface area contributed by atoms with Gasteiger partial charge in [-0.15, -0.1) is 0 Å². The van der Waals surface area contributed by atoms with Crippen molar-refractivity contribution in [3.8, 4) is 11.4 Å². The molecule has 1 aromatic carbocycles. The van der Waals surface area contributed by atoms with Crippen LogP contribution < -0.4 is 5.32 Å². The summed E-state index contributed by atoms with van der Waals surface area (Å²) in [5.74, 6) is -0.483. The molecule has 0 saturated carbocycles. The number of alkyl halides is 3. The molecule has 2 heterocycles. The molecule has 1 amide bonds. The molecule has 1 N–H and O–H groups in total. The summed E-state index contributed by atoms with van der Waals surface area (Å²) < 4.78 is 42.2. The van der Waals surface area contributed by atoms with Crippen molar-refractivity contribution in [2.24, 2.45) is 0 Å². The van der Waals surface area contributed by atoms with Gasteiger partial charge in [0.05, 0.1) is 6.42 Å². The van der Waals surface area contributed by atoms with Crippen molar-refractivity contribution in [1.29, 1.82) is 0 Å². The van der Waals surface area contributed by atoms with Gasteiger partial charge in [0.15, 0.2) is 0 Å². The second-order valence-electron chi connectivity index (χ2n) is 5.42. The number of carbonyl (C=O) groups excluding carboxylic acids is 1. The molecular weight excluding hydrogens is 349 g/mol. The number of benzene rings is 1. The molecule has 9 heteroatoms. The van der Waals surface area contributed by atoms with Crippen molar-refractivity contribution in [1.82, 2.24) is 15.1 Å². The topological polar surface area (TPSA) is 80.9 Å². The van der Waals surface area contributed by atoms with E-state index in [1.807, 2.05) is 0 Å². The molecular formula is C17H13F3N4O2. The van der Waals surface area contributed by atoms with E-state index in [9.17, 15) is 18.0 Å². The average Bonchev–Trinajstić information content (AvgIpc) is 3.04. The summed E-state index contributed by atoms with van der Waals surface area (Å²) in [5.41, 5.74) is 1.56. The number of carbonyl (C=O) groups is 1. The van der Waals surface area contributed by atoms with E-state index in [4.69, 9.17) is 4.52 Å². The maximum Gasteiger partial charge on any atom is 0.397 e. The monoisotopic (exact) mass is 362 g/mol. The Labute approximate surface area is 146 Å². The first-order chi connectivity index (χ1) is 12.4. The van der Waals surface area contributed by atoms with Gasteiger partial charge in [-0.05, 0) is 23.8 Å². The van der Waals surface area contributed by atoms with E-state index >= 15 is 0 Å². The molecule has 0 aliphatic heterocycles. The van der Waals surface area contributed by atoms with Gasteiger partial charge in [-0.2, -0.15) is 18.2 Å². The zero-order valence-electron chi connectivity index (χ0n) is 13.3. The van der Waals surface area contributed by atoms with Gasteiger partial charge in [-0.1, -0.05) is 23.4 Å². The predicted molar refractivity (Wildman–Crippen MR) is 86.1 cm³/mol. The van der Waals surface area contributed by atoms with Crippen LogP contribution in [-0.4, -0.2) is 27.2 Å². The van der Waals surface area contributed by atoms with Crippen molar-refractivity contribution in [3.05, 3.63) is 60.2 Å². The van der Waals surface area contributed by atoms with Gasteiger partial charge in [0.2, 0.25) is 17.6 Å². The molecule has 0 radical (unpaired) electrons. The second-order valence-corrected chi connectivity index (χ2v) is 5.42. The Morgan fingerprint density at radius 2 is 1.85 bits per heavy atom. The third-order valence-corrected chi connectivity index (χ3v) is 3.40. The minimum atomic E-state index is -4.56. The number of hydrogen-bond donors (Lipinski definition) is 1. The zero-order chi connectivity index (χ0) is 18.6. The lowest BCUT2D eigenvalue weighted by atomic mass is 10.1. The Balaban J connectivity index is 1.75. The van der Waals surface area contributed by atoms with Gasteiger partial charge in [0, 0.05) is 23.6 Å². The molecule has 0 aliphatic rings. The van der Waals surface area contributed by atoms with Gasteiger partial charge in [0.25, 0.3) is 0 Å². The van der Waals surface area contributed by atoms with Crippen LogP contribution in [0.1, 0.15) is 17.9 Å². The zero-order valence-corrected chi connectivity index (χ0v) is 13.3. The van der Waals surface area contributed by atoms with Crippen LogP contribution in [0.25, 0.3) is 11.4 Å². The van der Waals surface area contributed by atoms with Crippen LogP contribution in [0.4, 0.5) is 18.9 Å². The smallest absolute Gasteiger partial charge is 0.339 e. The van der Waals surface area contributed by atoms with Gasteiger partial charge in [0.1, 0.15) is 6.42 Å². The number of aromatic nitrogens is 3. The number of anilines is 1. The molecule has 0 fully saturated rings. The Morgan fingerprint density at radius 1 is 1.12 bits per heavy atom. The van der Waals surface area contributed by atoms with E-state index in [0.29, 0.717) is 11.4 Å². The summed E-state index contributed by atoms with van der Waals surface area (Å²) in [6.45, 7) is 0. The molecule has 134 valence electrons. The van der Waals surface area contributed by atoms with Crippen molar-refractivity contribution in [3.63, 3.8) is 0 Å². The normalized spacial score (nSPS) is 11.3. The summed E-state index contributed by atoms with van der Waals surface area (Å²) in [6.07, 6.45) is -2.76. The van der Waals surface area contributed by atoms with Crippen LogP contribution >= 0.6 is 0 Å². The molecule has 0 spiro atoms. The highest BCUT2D eigenvalue weighted by atomic mass is 19.4. The summed E-state index contributed by atoms with van der Waals surface area (Å²) >= 11 is 0. The van der Waals surface area contributed by atoms with Crippen molar-refractivity contribution in [2.45, 2.75) is 19.0 Å². The summed E-state index contributed by atoms with van der Waals surface area (Å²) in [7, 11) is 0. The highest BCUT2D eigenvalue weighted by molar-refractivity contribution is 5.91. The maximum atomic E-state index is 12.3. The van der Waals surface area contributed by atoms with Gasteiger partial charge < -0.3 is 9.84 Å². The van der Waals surface area contributed by atoms with Crippen LogP contribution in [-0.2, 0) is 11.2 Å². The minimum absolute atomic E-state index is 0.167. The third kappa shape index (κ3) is 4.65. The fourth-order valence-electron chi connectivity index (χ4n) is 2.28. The van der Waals surface area contributed by atoms with E-state index in [2.05, 4.69) is 20.4 Å². The summed E-state index contributed by atoms with van der Waals surface area (Å²) in [6, 6.07) is 9.95. The van der Waals surface area contributed by atoms with E-state index in [1.54, 1.807) is 42.7 Å². The average molecular weight is 362 g/mol. The highest BCUT2D eigenvalue weighted by Gasteiger charge is 2.31. The number of pyridine rings is 1. The number of amides is 1. The third-order valence-electron chi connectivity index (χ3n) is 3.40. The largest absolute Gasteiger partial charge is 0.397 e. The molecule has 0 bridgehead atoms. The summed E-state index contributed by atoms with van der Waals surface area (Å²) in [5, 5.41) is 6.14. The fraction of sp³-hybridized carbons (Fsp3) is 0.176. The number of nitrogens with one attached hydrogen (secondary N) is 1. The molecule has 26 heavy (non-hydrogen) atoms. The Kier molecular flexibility index (Phi) is 4.97. The molecule has 0 saturated heterocycles. The first-order valence-electron chi connectivity index (χ1n) is 7.58. The Morgan fingerprint density at radius 3 is 2.58 bits per heavy atom. The van der Waals surface area contributed by atoms with E-state index < -0.39 is 18.5 Å². The van der Waals surface area contributed by atoms with Crippen LogP contribution in [0.2, 0.25) is 0 Å². The number of rotatable bonds is 5. The molecule has 2 aromatic heterocycles. The first-order valence-corrected chi connectivity index (χ1v) is 7.58. The second kappa shape index (κ2) is 7.34. The van der Waals surface area contributed by atoms with Crippen molar-refractivity contribution in [2.75, 3.05) is 5.32 Å². The molecule has 3 rings (SSSR count). The van der Waals surface area contributed by atoms with E-state index in [1.165, 1.54) is 6.07 Å². The maximum absolute atomic E-state index is 12.3. The van der Waals surface area contributed by atoms with Crippen LogP contribution in [0.15, 0.2) is 53.3 Å².